The van der Waals surface area contributed by atoms with Gasteiger partial charge in [-0.25, -0.2) is 18.4 Å². The number of halogens is 2. The quantitative estimate of drug-likeness (QED) is 0.536. The Morgan fingerprint density at radius 1 is 1.29 bits per heavy atom. The van der Waals surface area contributed by atoms with E-state index in [1.165, 1.54) is 0 Å². The number of rotatable bonds is 5. The van der Waals surface area contributed by atoms with Crippen LogP contribution >= 0.6 is 0 Å². The number of aromatic nitrogens is 2. The standard InChI is InChI=1S/C18H23F2N3O4S/c1-3-27-14(24)7-13-10-6-11(13)9-23(8-10)16-12-4-5-18(19,20)15(12)21-17(22-16)28(2,25)26/h10-11,13H,3-9H2,1-2H3/t10-,11?,13?/m1/s1. The summed E-state index contributed by atoms with van der Waals surface area (Å²) in [6.45, 7) is 3.26. The maximum absolute atomic E-state index is 14.3. The van der Waals surface area contributed by atoms with Crippen LogP contribution in [0.2, 0.25) is 0 Å². The first-order valence-corrected chi connectivity index (χ1v) is 11.4. The van der Waals surface area contributed by atoms with Crippen LogP contribution in [0, 0.1) is 17.8 Å². The van der Waals surface area contributed by atoms with Gasteiger partial charge in [-0.2, -0.15) is 8.78 Å². The van der Waals surface area contributed by atoms with E-state index in [1.807, 2.05) is 4.90 Å². The number of alkyl halides is 2. The summed E-state index contributed by atoms with van der Waals surface area (Å²) in [5.41, 5.74) is -0.110. The molecule has 0 aromatic carbocycles. The molecular weight excluding hydrogens is 392 g/mol. The summed E-state index contributed by atoms with van der Waals surface area (Å²) in [5, 5.41) is -0.551. The molecule has 10 heteroatoms. The van der Waals surface area contributed by atoms with Crippen LogP contribution in [0.3, 0.4) is 0 Å². The van der Waals surface area contributed by atoms with Gasteiger partial charge in [0.25, 0.3) is 5.92 Å². The van der Waals surface area contributed by atoms with Crippen LogP contribution in [0.1, 0.15) is 37.4 Å². The fraction of sp³-hybridized carbons (Fsp3) is 0.722. The first kappa shape index (κ1) is 19.5. The van der Waals surface area contributed by atoms with Crippen molar-refractivity contribution >= 4 is 21.6 Å². The summed E-state index contributed by atoms with van der Waals surface area (Å²) >= 11 is 0. The van der Waals surface area contributed by atoms with Crippen molar-refractivity contribution in [1.82, 2.24) is 9.97 Å². The van der Waals surface area contributed by atoms with Gasteiger partial charge >= 0.3 is 5.97 Å². The van der Waals surface area contributed by atoms with Gasteiger partial charge in [-0.15, -0.1) is 0 Å². The Morgan fingerprint density at radius 2 is 1.96 bits per heavy atom. The SMILES string of the molecule is CCOC(=O)CC1C2C[C@@H]1CN(c1nc(S(C)(=O)=O)nc3c1CCC3(F)F)C2. The van der Waals surface area contributed by atoms with Crippen LogP contribution in [-0.2, 0) is 31.7 Å². The molecule has 1 aromatic heterocycles. The number of anilines is 1. The molecule has 0 spiro atoms. The molecule has 0 amide bonds. The van der Waals surface area contributed by atoms with Gasteiger partial charge in [-0.05, 0) is 37.5 Å². The van der Waals surface area contributed by atoms with Crippen LogP contribution in [-0.4, -0.2) is 50.3 Å². The van der Waals surface area contributed by atoms with Crippen molar-refractivity contribution in [2.24, 2.45) is 17.8 Å². The Kier molecular flexibility index (Phi) is 4.59. The molecule has 5 rings (SSSR count). The molecule has 2 saturated heterocycles. The molecule has 4 aliphatic rings. The Balaban J connectivity index is 1.61. The second-order valence-corrected chi connectivity index (χ2v) is 9.88. The highest BCUT2D eigenvalue weighted by Gasteiger charge is 2.50. The average Bonchev–Trinajstić information content (AvgIpc) is 2.94. The lowest BCUT2D eigenvalue weighted by molar-refractivity contribution is -0.147. The van der Waals surface area contributed by atoms with Crippen molar-refractivity contribution in [3.63, 3.8) is 0 Å². The molecule has 1 aromatic rings. The fourth-order valence-electron chi connectivity index (χ4n) is 4.72. The van der Waals surface area contributed by atoms with E-state index in [9.17, 15) is 22.0 Å². The highest BCUT2D eigenvalue weighted by atomic mass is 32.2. The number of hydrogen-bond acceptors (Lipinski definition) is 7. The predicted molar refractivity (Wildman–Crippen MR) is 95.9 cm³/mol. The third-order valence-electron chi connectivity index (χ3n) is 6.07. The normalized spacial score (nSPS) is 27.9. The third kappa shape index (κ3) is 3.25. The molecule has 28 heavy (non-hydrogen) atoms. The van der Waals surface area contributed by atoms with Crippen molar-refractivity contribution in [3.8, 4) is 0 Å². The van der Waals surface area contributed by atoms with Gasteiger partial charge in [-0.3, -0.25) is 4.79 Å². The van der Waals surface area contributed by atoms with Gasteiger partial charge in [-0.1, -0.05) is 0 Å². The van der Waals surface area contributed by atoms with Crippen molar-refractivity contribution < 1.29 is 26.7 Å². The third-order valence-corrected chi connectivity index (χ3v) is 6.91. The Labute approximate surface area is 162 Å². The first-order valence-electron chi connectivity index (χ1n) is 9.50. The topological polar surface area (TPSA) is 89.5 Å². The number of piperidine rings is 2. The molecule has 7 nitrogen and oxygen atoms in total. The summed E-state index contributed by atoms with van der Waals surface area (Å²) in [6.07, 6.45) is 2.01. The van der Waals surface area contributed by atoms with Crippen LogP contribution in [0.25, 0.3) is 0 Å². The van der Waals surface area contributed by atoms with Crippen LogP contribution in [0.15, 0.2) is 5.16 Å². The van der Waals surface area contributed by atoms with Crippen LogP contribution in [0.5, 0.6) is 0 Å². The molecule has 2 bridgehead atoms. The lowest BCUT2D eigenvalue weighted by atomic mass is 9.60. The monoisotopic (exact) mass is 415 g/mol. The number of carbonyl (C=O) groups is 1. The summed E-state index contributed by atoms with van der Waals surface area (Å²) in [6, 6.07) is 0. The highest BCUT2D eigenvalue weighted by Crippen LogP contribution is 2.50. The van der Waals surface area contributed by atoms with E-state index in [4.69, 9.17) is 4.74 Å². The molecule has 154 valence electrons. The van der Waals surface area contributed by atoms with E-state index in [0.29, 0.717) is 37.5 Å². The molecule has 0 radical (unpaired) electrons. The van der Waals surface area contributed by atoms with Crippen molar-refractivity contribution in [1.29, 1.82) is 0 Å². The summed E-state index contributed by atoms with van der Waals surface area (Å²) in [7, 11) is -3.81. The van der Waals surface area contributed by atoms with Gasteiger partial charge in [0.2, 0.25) is 15.0 Å². The average molecular weight is 415 g/mol. The minimum atomic E-state index is -3.81. The largest absolute Gasteiger partial charge is 0.466 e. The van der Waals surface area contributed by atoms with Gasteiger partial charge in [0.05, 0.1) is 6.61 Å². The minimum absolute atomic E-state index is 0.125. The maximum atomic E-state index is 14.3. The smallest absolute Gasteiger partial charge is 0.306 e. The van der Waals surface area contributed by atoms with E-state index in [2.05, 4.69) is 9.97 Å². The minimum Gasteiger partial charge on any atom is -0.466 e. The lowest BCUT2D eigenvalue weighted by Gasteiger charge is -2.54. The number of nitrogens with zero attached hydrogens (tertiary/aromatic N) is 3. The summed E-state index contributed by atoms with van der Waals surface area (Å²) in [5.74, 6) is -2.32. The second-order valence-electron chi connectivity index (χ2n) is 7.97. The zero-order valence-corrected chi connectivity index (χ0v) is 16.6. The lowest BCUT2D eigenvalue weighted by Crippen LogP contribution is -2.56. The number of fused-ring (bicyclic) bond motifs is 3. The summed E-state index contributed by atoms with van der Waals surface area (Å²) < 4.78 is 57.5. The number of carbonyl (C=O) groups excluding carboxylic acids is 1. The van der Waals surface area contributed by atoms with Gasteiger partial charge in [0.1, 0.15) is 11.5 Å². The van der Waals surface area contributed by atoms with E-state index in [1.54, 1.807) is 6.92 Å². The fourth-order valence-corrected chi connectivity index (χ4v) is 5.23. The van der Waals surface area contributed by atoms with Crippen molar-refractivity contribution in [2.75, 3.05) is 30.9 Å². The van der Waals surface area contributed by atoms with E-state index in [-0.39, 0.29) is 36.6 Å². The number of sulfone groups is 1. The zero-order valence-electron chi connectivity index (χ0n) is 15.8. The van der Waals surface area contributed by atoms with Gasteiger partial charge in [0.15, 0.2) is 0 Å². The zero-order chi connectivity index (χ0) is 20.3. The molecule has 2 aliphatic heterocycles. The summed E-state index contributed by atoms with van der Waals surface area (Å²) in [4.78, 5) is 21.6. The first-order chi connectivity index (χ1) is 13.1. The van der Waals surface area contributed by atoms with Gasteiger partial charge < -0.3 is 9.64 Å². The molecule has 3 heterocycles. The van der Waals surface area contributed by atoms with Crippen LogP contribution < -0.4 is 4.90 Å². The molecule has 2 aliphatic carbocycles. The van der Waals surface area contributed by atoms with Crippen LogP contribution in [0.4, 0.5) is 14.6 Å². The number of esters is 1. The Morgan fingerprint density at radius 3 is 2.57 bits per heavy atom. The Hall–Kier alpha value is -1.84. The maximum Gasteiger partial charge on any atom is 0.306 e. The second kappa shape index (κ2) is 6.60. The molecule has 0 N–H and O–H groups in total. The molecular formula is C18H23F2N3O4S. The van der Waals surface area contributed by atoms with Crippen molar-refractivity contribution in [3.05, 3.63) is 11.3 Å². The van der Waals surface area contributed by atoms with E-state index in [0.717, 1.165) is 12.7 Å². The molecule has 3 fully saturated rings. The van der Waals surface area contributed by atoms with E-state index >= 15 is 0 Å². The highest BCUT2D eigenvalue weighted by molar-refractivity contribution is 7.90. The van der Waals surface area contributed by atoms with Gasteiger partial charge in [0, 0.05) is 37.8 Å². The van der Waals surface area contributed by atoms with Crippen molar-refractivity contribution in [2.45, 2.75) is 43.7 Å². The molecule has 3 atom stereocenters. The molecule has 1 saturated carbocycles. The number of ether oxygens (including phenoxy) is 1. The molecule has 2 unspecified atom stereocenters. The Bertz CT molecular complexity index is 910. The van der Waals surface area contributed by atoms with E-state index < -0.39 is 26.6 Å². The number of hydrogen-bond donors (Lipinski definition) is 0. The predicted octanol–water partition coefficient (Wildman–Crippen LogP) is 1.94.